The van der Waals surface area contributed by atoms with Crippen LogP contribution in [0.1, 0.15) is 57.6 Å². The molecule has 3 heteroatoms. The van der Waals surface area contributed by atoms with Gasteiger partial charge >= 0.3 is 0 Å². The van der Waals surface area contributed by atoms with E-state index in [0.29, 0.717) is 6.04 Å². The second kappa shape index (κ2) is 5.66. The van der Waals surface area contributed by atoms with E-state index < -0.39 is 0 Å². The maximum atomic E-state index is 4.44. The van der Waals surface area contributed by atoms with Crippen LogP contribution in [0.5, 0.6) is 0 Å². The molecule has 2 fully saturated rings. The van der Waals surface area contributed by atoms with Gasteiger partial charge in [-0.05, 0) is 56.9 Å². The summed E-state index contributed by atoms with van der Waals surface area (Å²) in [6.45, 7) is 6.36. The third-order valence-corrected chi connectivity index (χ3v) is 5.25. The molecule has 0 aliphatic heterocycles. The molecule has 0 radical (unpaired) electrons. The Bertz CT molecular complexity index is 412. The van der Waals surface area contributed by atoms with Crippen molar-refractivity contribution in [2.75, 3.05) is 6.54 Å². The first-order valence-electron chi connectivity index (χ1n) is 8.05. The smallest absolute Gasteiger partial charge is 0.0537 e. The molecule has 0 spiro atoms. The van der Waals surface area contributed by atoms with E-state index in [-0.39, 0.29) is 0 Å². The summed E-state index contributed by atoms with van der Waals surface area (Å²) >= 11 is 0. The normalized spacial score (nSPS) is 30.9. The summed E-state index contributed by atoms with van der Waals surface area (Å²) < 4.78 is 2.04. The van der Waals surface area contributed by atoms with Crippen LogP contribution < -0.4 is 5.32 Å². The van der Waals surface area contributed by atoms with Crippen molar-refractivity contribution in [1.82, 2.24) is 15.1 Å². The van der Waals surface area contributed by atoms with Gasteiger partial charge in [-0.3, -0.25) is 4.68 Å². The van der Waals surface area contributed by atoms with Crippen molar-refractivity contribution in [3.8, 4) is 0 Å². The first-order valence-corrected chi connectivity index (χ1v) is 8.05. The fourth-order valence-corrected chi connectivity index (χ4v) is 4.28. The van der Waals surface area contributed by atoms with Crippen molar-refractivity contribution in [2.45, 2.75) is 58.5 Å². The lowest BCUT2D eigenvalue weighted by Gasteiger charge is -2.26. The Morgan fingerprint density at radius 2 is 2.26 bits per heavy atom. The van der Waals surface area contributed by atoms with Gasteiger partial charge < -0.3 is 5.32 Å². The summed E-state index contributed by atoms with van der Waals surface area (Å²) in [6, 6.07) is 0.509. The second-order valence-electron chi connectivity index (χ2n) is 6.41. The van der Waals surface area contributed by atoms with E-state index in [1.54, 1.807) is 0 Å². The summed E-state index contributed by atoms with van der Waals surface area (Å²) in [6.07, 6.45) is 11.6. The minimum Gasteiger partial charge on any atom is -0.310 e. The van der Waals surface area contributed by atoms with E-state index in [1.165, 1.54) is 37.7 Å². The number of rotatable bonds is 6. The van der Waals surface area contributed by atoms with Crippen LogP contribution in [0.3, 0.4) is 0 Å². The largest absolute Gasteiger partial charge is 0.310 e. The molecule has 2 aliphatic rings. The van der Waals surface area contributed by atoms with Gasteiger partial charge in [0.1, 0.15) is 0 Å². The van der Waals surface area contributed by atoms with Crippen molar-refractivity contribution < 1.29 is 0 Å². The zero-order valence-corrected chi connectivity index (χ0v) is 12.3. The van der Waals surface area contributed by atoms with Crippen molar-refractivity contribution in [3.05, 3.63) is 18.0 Å². The number of hydrogen-bond donors (Lipinski definition) is 1. The average molecular weight is 261 g/mol. The minimum atomic E-state index is 0.509. The number of hydrogen-bond acceptors (Lipinski definition) is 2. The zero-order valence-electron chi connectivity index (χ0n) is 12.3. The molecule has 2 bridgehead atoms. The van der Waals surface area contributed by atoms with Gasteiger partial charge in [0.2, 0.25) is 0 Å². The van der Waals surface area contributed by atoms with Gasteiger partial charge in [0.15, 0.2) is 0 Å². The Labute approximate surface area is 116 Å². The lowest BCUT2D eigenvalue weighted by molar-refractivity contribution is 0.280. The van der Waals surface area contributed by atoms with Crippen LogP contribution in [-0.4, -0.2) is 16.3 Å². The molecule has 0 amide bonds. The number of nitrogens with one attached hydrogen (secondary N) is 1. The van der Waals surface area contributed by atoms with E-state index in [2.05, 4.69) is 36.7 Å². The molecule has 2 saturated carbocycles. The highest BCUT2D eigenvalue weighted by molar-refractivity contribution is 5.11. The van der Waals surface area contributed by atoms with Crippen LogP contribution in [0.15, 0.2) is 12.4 Å². The van der Waals surface area contributed by atoms with Gasteiger partial charge in [-0.1, -0.05) is 13.3 Å². The van der Waals surface area contributed by atoms with E-state index in [4.69, 9.17) is 0 Å². The third kappa shape index (κ3) is 2.71. The third-order valence-electron chi connectivity index (χ3n) is 5.25. The summed E-state index contributed by atoms with van der Waals surface area (Å²) in [7, 11) is 0. The fraction of sp³-hybridized carbons (Fsp3) is 0.812. The average Bonchev–Trinajstić information content (AvgIpc) is 3.14. The Hall–Kier alpha value is -0.830. The van der Waals surface area contributed by atoms with Gasteiger partial charge in [-0.25, -0.2) is 0 Å². The predicted molar refractivity (Wildman–Crippen MR) is 77.9 cm³/mol. The van der Waals surface area contributed by atoms with Crippen LogP contribution >= 0.6 is 0 Å². The SMILES string of the molecule is CCNC(CC1CC2CCC1C2)c1cnn(CC)c1. The van der Waals surface area contributed by atoms with Crippen LogP contribution in [0, 0.1) is 17.8 Å². The Morgan fingerprint density at radius 3 is 2.84 bits per heavy atom. The molecule has 3 nitrogen and oxygen atoms in total. The molecule has 4 unspecified atom stereocenters. The van der Waals surface area contributed by atoms with E-state index >= 15 is 0 Å². The Morgan fingerprint density at radius 1 is 1.37 bits per heavy atom. The molecule has 1 aromatic rings. The van der Waals surface area contributed by atoms with Crippen molar-refractivity contribution >= 4 is 0 Å². The molecule has 2 aliphatic carbocycles. The summed E-state index contributed by atoms with van der Waals surface area (Å²) in [5.41, 5.74) is 1.38. The van der Waals surface area contributed by atoms with Crippen LogP contribution in [0.25, 0.3) is 0 Å². The van der Waals surface area contributed by atoms with Crippen LogP contribution in [0.2, 0.25) is 0 Å². The highest BCUT2D eigenvalue weighted by atomic mass is 15.3. The maximum Gasteiger partial charge on any atom is 0.0537 e. The first kappa shape index (κ1) is 13.2. The number of aryl methyl sites for hydroxylation is 1. The van der Waals surface area contributed by atoms with Gasteiger partial charge in [-0.2, -0.15) is 5.10 Å². The molecule has 106 valence electrons. The molecule has 0 saturated heterocycles. The lowest BCUT2D eigenvalue weighted by Crippen LogP contribution is -2.25. The fourth-order valence-electron chi connectivity index (χ4n) is 4.28. The second-order valence-corrected chi connectivity index (χ2v) is 6.41. The number of aromatic nitrogens is 2. The zero-order chi connectivity index (χ0) is 13.2. The summed E-state index contributed by atoms with van der Waals surface area (Å²) in [5, 5.41) is 8.11. The van der Waals surface area contributed by atoms with Gasteiger partial charge in [0.05, 0.1) is 6.20 Å². The first-order chi connectivity index (χ1) is 9.30. The van der Waals surface area contributed by atoms with E-state index in [9.17, 15) is 0 Å². The highest BCUT2D eigenvalue weighted by Gasteiger charge is 2.40. The Balaban J connectivity index is 1.67. The van der Waals surface area contributed by atoms with Gasteiger partial charge in [0, 0.05) is 24.3 Å². The van der Waals surface area contributed by atoms with Crippen molar-refractivity contribution in [2.24, 2.45) is 17.8 Å². The molecule has 0 aromatic carbocycles. The standard InChI is InChI=1S/C16H27N3/c1-3-17-16(15-10-18-19(4-2)11-15)9-14-8-12-5-6-13(14)7-12/h10-14,16-17H,3-9H2,1-2H3. The van der Waals surface area contributed by atoms with E-state index in [1.807, 2.05) is 4.68 Å². The maximum absolute atomic E-state index is 4.44. The predicted octanol–water partition coefficient (Wildman–Crippen LogP) is 3.38. The van der Waals surface area contributed by atoms with Crippen molar-refractivity contribution in [3.63, 3.8) is 0 Å². The van der Waals surface area contributed by atoms with Crippen molar-refractivity contribution in [1.29, 1.82) is 0 Å². The van der Waals surface area contributed by atoms with Gasteiger partial charge in [-0.15, -0.1) is 0 Å². The summed E-state index contributed by atoms with van der Waals surface area (Å²) in [4.78, 5) is 0. The molecule has 4 atom stereocenters. The van der Waals surface area contributed by atoms with Crippen LogP contribution in [0.4, 0.5) is 0 Å². The molecule has 19 heavy (non-hydrogen) atoms. The number of fused-ring (bicyclic) bond motifs is 2. The lowest BCUT2D eigenvalue weighted by atomic mass is 9.83. The molecule has 1 N–H and O–H groups in total. The van der Waals surface area contributed by atoms with Gasteiger partial charge in [0.25, 0.3) is 0 Å². The molecule has 3 rings (SSSR count). The Kier molecular flexibility index (Phi) is 3.92. The highest BCUT2D eigenvalue weighted by Crippen LogP contribution is 2.50. The summed E-state index contributed by atoms with van der Waals surface area (Å²) in [5.74, 6) is 3.02. The molecule has 1 aromatic heterocycles. The monoisotopic (exact) mass is 261 g/mol. The quantitative estimate of drug-likeness (QED) is 0.850. The number of nitrogens with zero attached hydrogens (tertiary/aromatic N) is 2. The molecular weight excluding hydrogens is 234 g/mol. The molecule has 1 heterocycles. The van der Waals surface area contributed by atoms with Crippen LogP contribution in [-0.2, 0) is 6.54 Å². The molecular formula is C16H27N3. The minimum absolute atomic E-state index is 0.509. The topological polar surface area (TPSA) is 29.9 Å². The van der Waals surface area contributed by atoms with E-state index in [0.717, 1.165) is 30.8 Å².